The number of fused-ring (bicyclic) bond motifs is 1. The first-order valence-electron chi connectivity index (χ1n) is 9.37. The van der Waals surface area contributed by atoms with Crippen LogP contribution in [-0.4, -0.2) is 40.4 Å². The van der Waals surface area contributed by atoms with E-state index in [0.717, 1.165) is 37.7 Å². The number of likely N-dealkylation sites (tertiary alicyclic amines) is 1. The molecule has 0 radical (unpaired) electrons. The molecule has 0 bridgehead atoms. The molecular weight excluding hydrogens is 314 g/mol. The molecule has 1 saturated heterocycles. The number of hydrogen-bond donors (Lipinski definition) is 1. The highest BCUT2D eigenvalue weighted by atomic mass is 16.3. The van der Waals surface area contributed by atoms with Gasteiger partial charge >= 0.3 is 0 Å². The second kappa shape index (κ2) is 6.71. The fraction of sp³-hybridized carbons (Fsp3) is 0.550. The van der Waals surface area contributed by atoms with Gasteiger partial charge in [0.15, 0.2) is 0 Å². The Labute approximate surface area is 148 Å². The van der Waals surface area contributed by atoms with E-state index in [1.165, 1.54) is 0 Å². The number of amides is 1. The summed E-state index contributed by atoms with van der Waals surface area (Å²) in [6, 6.07) is 10.1. The minimum Gasteiger partial charge on any atom is -0.385 e. The quantitative estimate of drug-likeness (QED) is 0.900. The van der Waals surface area contributed by atoms with E-state index in [2.05, 4.69) is 10.2 Å². The van der Waals surface area contributed by atoms with Gasteiger partial charge in [-0.1, -0.05) is 43.2 Å². The molecule has 2 aliphatic heterocycles. The Morgan fingerprint density at radius 3 is 2.76 bits per heavy atom. The summed E-state index contributed by atoms with van der Waals surface area (Å²) in [5.41, 5.74) is 0.714. The summed E-state index contributed by atoms with van der Waals surface area (Å²) in [7, 11) is 0. The Morgan fingerprint density at radius 2 is 2.00 bits per heavy atom. The lowest BCUT2D eigenvalue weighted by Crippen LogP contribution is -2.60. The predicted molar refractivity (Wildman–Crippen MR) is 97.6 cm³/mol. The van der Waals surface area contributed by atoms with E-state index in [1.807, 2.05) is 35.2 Å². The zero-order chi connectivity index (χ0) is 17.3. The van der Waals surface area contributed by atoms with Crippen molar-refractivity contribution in [3.8, 4) is 0 Å². The molecule has 1 aliphatic carbocycles. The Balaban J connectivity index is 1.63. The van der Waals surface area contributed by atoms with Gasteiger partial charge in [-0.05, 0) is 31.2 Å². The van der Waals surface area contributed by atoms with Crippen molar-refractivity contribution in [2.45, 2.75) is 56.6 Å². The fourth-order valence-corrected chi connectivity index (χ4v) is 4.76. The van der Waals surface area contributed by atoms with Gasteiger partial charge in [0, 0.05) is 31.1 Å². The van der Waals surface area contributed by atoms with Crippen LogP contribution in [0.25, 0.3) is 0 Å². The molecule has 1 N–H and O–H groups in total. The largest absolute Gasteiger partial charge is 0.385 e. The van der Waals surface area contributed by atoms with Crippen molar-refractivity contribution in [3.63, 3.8) is 0 Å². The molecule has 1 aromatic rings. The molecule has 5 nitrogen and oxygen atoms in total. The third-order valence-corrected chi connectivity index (χ3v) is 6.03. The minimum absolute atomic E-state index is 0.0175. The standard InChI is InChI=1S/C20H25N3O2/c24-19(17-10-6-13-21-22-17)23-14-12-20(25,15-7-2-1-3-8-15)16-9-4-5-11-18(16)23/h1-3,7-8,13,16,18,25H,4-6,9-12,14H2/t16-,18-,20?/m0/s1. The molecule has 2 fully saturated rings. The number of carbonyl (C=O) groups is 1. The maximum atomic E-state index is 13.0. The van der Waals surface area contributed by atoms with Crippen LogP contribution in [0, 0.1) is 5.92 Å². The molecule has 5 heteroatoms. The van der Waals surface area contributed by atoms with Gasteiger partial charge in [-0.3, -0.25) is 4.79 Å². The molecule has 1 aromatic carbocycles. The monoisotopic (exact) mass is 339 g/mol. The van der Waals surface area contributed by atoms with E-state index < -0.39 is 5.60 Å². The normalized spacial score (nSPS) is 32.0. The molecule has 1 unspecified atom stereocenters. The molecule has 0 aromatic heterocycles. The van der Waals surface area contributed by atoms with Crippen molar-refractivity contribution in [1.82, 2.24) is 4.90 Å². The topological polar surface area (TPSA) is 65.3 Å². The molecule has 1 amide bonds. The predicted octanol–water partition coefficient (Wildman–Crippen LogP) is 2.89. The van der Waals surface area contributed by atoms with Crippen molar-refractivity contribution < 1.29 is 9.90 Å². The molecule has 3 atom stereocenters. The first kappa shape index (κ1) is 16.5. The van der Waals surface area contributed by atoms with E-state index in [0.29, 0.717) is 25.1 Å². The molecule has 3 aliphatic rings. The molecule has 132 valence electrons. The van der Waals surface area contributed by atoms with Crippen LogP contribution in [0.3, 0.4) is 0 Å². The number of carbonyl (C=O) groups excluding carboxylic acids is 1. The number of benzene rings is 1. The average molecular weight is 339 g/mol. The summed E-state index contributed by atoms with van der Waals surface area (Å²) >= 11 is 0. The molecule has 25 heavy (non-hydrogen) atoms. The van der Waals surface area contributed by atoms with Crippen LogP contribution in [0.4, 0.5) is 0 Å². The summed E-state index contributed by atoms with van der Waals surface area (Å²) in [6.45, 7) is 0.578. The van der Waals surface area contributed by atoms with E-state index in [9.17, 15) is 9.90 Å². The Hall–Kier alpha value is -2.01. The highest BCUT2D eigenvalue weighted by Gasteiger charge is 2.50. The smallest absolute Gasteiger partial charge is 0.270 e. The van der Waals surface area contributed by atoms with Crippen molar-refractivity contribution in [2.75, 3.05) is 6.54 Å². The molecular formula is C20H25N3O2. The Kier molecular flexibility index (Phi) is 4.42. The lowest BCUT2D eigenvalue weighted by atomic mass is 9.66. The fourth-order valence-electron chi connectivity index (χ4n) is 4.76. The first-order valence-corrected chi connectivity index (χ1v) is 9.37. The van der Waals surface area contributed by atoms with Crippen molar-refractivity contribution in [3.05, 3.63) is 35.9 Å². The van der Waals surface area contributed by atoms with Crippen LogP contribution in [0.5, 0.6) is 0 Å². The number of hydrogen-bond acceptors (Lipinski definition) is 4. The summed E-state index contributed by atoms with van der Waals surface area (Å²) in [6.07, 6.45) is 7.93. The number of piperidine rings is 1. The minimum atomic E-state index is -0.838. The van der Waals surface area contributed by atoms with E-state index in [1.54, 1.807) is 6.21 Å². The van der Waals surface area contributed by atoms with Crippen LogP contribution in [0.15, 0.2) is 40.5 Å². The Bertz CT molecular complexity index is 700. The molecule has 0 spiro atoms. The maximum Gasteiger partial charge on any atom is 0.270 e. The van der Waals surface area contributed by atoms with Crippen molar-refractivity contribution in [2.24, 2.45) is 16.1 Å². The maximum absolute atomic E-state index is 13.0. The van der Waals surface area contributed by atoms with Crippen molar-refractivity contribution >= 4 is 17.8 Å². The zero-order valence-electron chi connectivity index (χ0n) is 14.5. The lowest BCUT2D eigenvalue weighted by Gasteiger charge is -2.52. The second-order valence-electron chi connectivity index (χ2n) is 7.38. The van der Waals surface area contributed by atoms with Gasteiger partial charge in [-0.25, -0.2) is 0 Å². The number of aliphatic hydroxyl groups is 1. The van der Waals surface area contributed by atoms with Crippen LogP contribution in [0.1, 0.15) is 50.5 Å². The highest BCUT2D eigenvalue weighted by Crippen LogP contribution is 2.47. The zero-order valence-corrected chi connectivity index (χ0v) is 14.5. The molecule has 1 saturated carbocycles. The van der Waals surface area contributed by atoms with Gasteiger partial charge in [-0.2, -0.15) is 10.2 Å². The molecule has 4 rings (SSSR count). The van der Waals surface area contributed by atoms with Gasteiger partial charge in [0.25, 0.3) is 5.91 Å². The lowest BCUT2D eigenvalue weighted by molar-refractivity contribution is -0.148. The van der Waals surface area contributed by atoms with Crippen LogP contribution < -0.4 is 0 Å². The highest BCUT2D eigenvalue weighted by molar-refractivity contribution is 6.39. The van der Waals surface area contributed by atoms with E-state index >= 15 is 0 Å². The van der Waals surface area contributed by atoms with Gasteiger partial charge in [-0.15, -0.1) is 0 Å². The van der Waals surface area contributed by atoms with Crippen LogP contribution >= 0.6 is 0 Å². The van der Waals surface area contributed by atoms with Gasteiger partial charge in [0.1, 0.15) is 5.71 Å². The van der Waals surface area contributed by atoms with Crippen LogP contribution in [0.2, 0.25) is 0 Å². The van der Waals surface area contributed by atoms with Gasteiger partial charge in [0.2, 0.25) is 0 Å². The van der Waals surface area contributed by atoms with E-state index in [4.69, 9.17) is 0 Å². The summed E-state index contributed by atoms with van der Waals surface area (Å²) in [5.74, 6) is 0.109. The third kappa shape index (κ3) is 2.91. The third-order valence-electron chi connectivity index (χ3n) is 6.03. The van der Waals surface area contributed by atoms with Crippen molar-refractivity contribution in [1.29, 1.82) is 0 Å². The van der Waals surface area contributed by atoms with E-state index in [-0.39, 0.29) is 17.9 Å². The second-order valence-corrected chi connectivity index (χ2v) is 7.38. The summed E-state index contributed by atoms with van der Waals surface area (Å²) < 4.78 is 0. The van der Waals surface area contributed by atoms with Gasteiger partial charge in [0.05, 0.1) is 5.60 Å². The molecule has 2 heterocycles. The summed E-state index contributed by atoms with van der Waals surface area (Å²) in [5, 5.41) is 19.5. The average Bonchev–Trinajstić information content (AvgIpc) is 2.69. The number of nitrogens with zero attached hydrogens (tertiary/aromatic N) is 3. The SMILES string of the molecule is O=C(C1=NN=CCC1)N1CCC(O)(c2ccccc2)[C@H]2CCCC[C@@H]21. The van der Waals surface area contributed by atoms with Crippen LogP contribution in [-0.2, 0) is 10.4 Å². The first-order chi connectivity index (χ1) is 12.2. The summed E-state index contributed by atoms with van der Waals surface area (Å²) in [4.78, 5) is 15.0. The van der Waals surface area contributed by atoms with Gasteiger partial charge < -0.3 is 10.0 Å². The number of rotatable bonds is 2. The Morgan fingerprint density at radius 1 is 1.20 bits per heavy atom.